The van der Waals surface area contributed by atoms with Crippen LogP contribution < -0.4 is 16.0 Å². The molecular formula is C16H30F3N5O. The van der Waals surface area contributed by atoms with Gasteiger partial charge in [0.15, 0.2) is 5.96 Å². The molecule has 0 aromatic heterocycles. The van der Waals surface area contributed by atoms with Crippen molar-refractivity contribution >= 4 is 11.9 Å². The van der Waals surface area contributed by atoms with Gasteiger partial charge in [-0.25, -0.2) is 0 Å². The number of nitrogens with zero attached hydrogens (tertiary/aromatic N) is 2. The van der Waals surface area contributed by atoms with Crippen LogP contribution in [0.4, 0.5) is 13.2 Å². The number of nitrogens with one attached hydrogen (secondary N) is 3. The fourth-order valence-corrected chi connectivity index (χ4v) is 2.58. The minimum Gasteiger partial charge on any atom is -0.357 e. The summed E-state index contributed by atoms with van der Waals surface area (Å²) in [6.07, 6.45) is -2.38. The van der Waals surface area contributed by atoms with Crippen molar-refractivity contribution in [1.82, 2.24) is 20.9 Å². The number of rotatable bonds is 8. The number of aliphatic imine (C=N–C) groups is 1. The quantitative estimate of drug-likeness (QED) is 0.450. The van der Waals surface area contributed by atoms with Crippen LogP contribution in [-0.4, -0.2) is 67.8 Å². The third-order valence-corrected chi connectivity index (χ3v) is 3.99. The molecule has 0 radical (unpaired) electrons. The summed E-state index contributed by atoms with van der Waals surface area (Å²) >= 11 is 0. The average molecular weight is 365 g/mol. The largest absolute Gasteiger partial charge is 0.401 e. The Morgan fingerprint density at radius 3 is 2.68 bits per heavy atom. The van der Waals surface area contributed by atoms with Gasteiger partial charge in [-0.3, -0.25) is 14.7 Å². The first-order chi connectivity index (χ1) is 11.7. The molecule has 0 saturated carbocycles. The first kappa shape index (κ1) is 21.5. The van der Waals surface area contributed by atoms with Crippen molar-refractivity contribution in [2.75, 3.05) is 32.7 Å². The highest BCUT2D eigenvalue weighted by Gasteiger charge is 2.34. The van der Waals surface area contributed by atoms with Gasteiger partial charge in [-0.1, -0.05) is 6.92 Å². The molecule has 9 heteroatoms. The Kier molecular flexibility index (Phi) is 9.02. The first-order valence-electron chi connectivity index (χ1n) is 8.86. The molecule has 25 heavy (non-hydrogen) atoms. The van der Waals surface area contributed by atoms with Gasteiger partial charge in [-0.15, -0.1) is 0 Å². The molecule has 0 aliphatic carbocycles. The van der Waals surface area contributed by atoms with E-state index in [9.17, 15) is 18.0 Å². The van der Waals surface area contributed by atoms with E-state index in [0.717, 1.165) is 6.42 Å². The maximum Gasteiger partial charge on any atom is 0.401 e. The van der Waals surface area contributed by atoms with Gasteiger partial charge >= 0.3 is 6.18 Å². The lowest BCUT2D eigenvalue weighted by Gasteiger charge is -2.19. The monoisotopic (exact) mass is 365 g/mol. The van der Waals surface area contributed by atoms with E-state index in [-0.39, 0.29) is 24.4 Å². The molecule has 1 amide bonds. The maximum absolute atomic E-state index is 12.4. The topological polar surface area (TPSA) is 68.8 Å². The van der Waals surface area contributed by atoms with Crippen molar-refractivity contribution < 1.29 is 18.0 Å². The van der Waals surface area contributed by atoms with Gasteiger partial charge in [0.2, 0.25) is 5.91 Å². The number of guanidine groups is 1. The summed E-state index contributed by atoms with van der Waals surface area (Å²) in [5.41, 5.74) is 0. The number of alkyl halides is 3. The number of carbonyl (C=O) groups excluding carboxylic acids is 1. The molecule has 6 nitrogen and oxygen atoms in total. The molecule has 1 aliphatic heterocycles. The zero-order valence-corrected chi connectivity index (χ0v) is 15.2. The highest BCUT2D eigenvalue weighted by Crippen LogP contribution is 2.19. The van der Waals surface area contributed by atoms with E-state index in [1.807, 2.05) is 20.8 Å². The number of hydrogen-bond donors (Lipinski definition) is 3. The molecule has 0 spiro atoms. The Hall–Kier alpha value is -1.51. The van der Waals surface area contributed by atoms with Crippen molar-refractivity contribution in [2.24, 2.45) is 4.99 Å². The Labute approximate surface area is 147 Å². The van der Waals surface area contributed by atoms with E-state index in [2.05, 4.69) is 20.9 Å². The van der Waals surface area contributed by atoms with Crippen molar-refractivity contribution in [3.63, 3.8) is 0 Å². The van der Waals surface area contributed by atoms with Crippen LogP contribution in [0.25, 0.3) is 0 Å². The molecule has 0 aromatic rings. The van der Waals surface area contributed by atoms with Crippen molar-refractivity contribution in [1.29, 1.82) is 0 Å². The van der Waals surface area contributed by atoms with Crippen molar-refractivity contribution in [2.45, 2.75) is 58.3 Å². The van der Waals surface area contributed by atoms with Gasteiger partial charge in [0.1, 0.15) is 0 Å². The summed E-state index contributed by atoms with van der Waals surface area (Å²) in [6.45, 7) is 6.69. The molecule has 2 unspecified atom stereocenters. The van der Waals surface area contributed by atoms with Crippen LogP contribution >= 0.6 is 0 Å². The minimum atomic E-state index is -4.17. The second-order valence-electron chi connectivity index (χ2n) is 6.37. The average Bonchev–Trinajstić information content (AvgIpc) is 2.92. The van der Waals surface area contributed by atoms with E-state index in [1.54, 1.807) is 0 Å². The minimum absolute atomic E-state index is 0.0498. The predicted octanol–water partition coefficient (Wildman–Crippen LogP) is 1.48. The van der Waals surface area contributed by atoms with Gasteiger partial charge in [0, 0.05) is 38.1 Å². The van der Waals surface area contributed by atoms with Gasteiger partial charge in [0.25, 0.3) is 0 Å². The number of carbonyl (C=O) groups is 1. The highest BCUT2D eigenvalue weighted by atomic mass is 19.4. The fraction of sp³-hybridized carbons (Fsp3) is 0.875. The summed E-state index contributed by atoms with van der Waals surface area (Å²) in [7, 11) is 0. The molecule has 2 atom stereocenters. The van der Waals surface area contributed by atoms with Gasteiger partial charge in [-0.2, -0.15) is 13.2 Å². The van der Waals surface area contributed by atoms with E-state index < -0.39 is 12.7 Å². The van der Waals surface area contributed by atoms with Crippen LogP contribution in [0.1, 0.15) is 40.0 Å². The third-order valence-electron chi connectivity index (χ3n) is 3.99. The van der Waals surface area contributed by atoms with Crippen molar-refractivity contribution in [3.05, 3.63) is 0 Å². The molecule has 146 valence electrons. The number of halogens is 3. The molecule has 1 aliphatic rings. The van der Waals surface area contributed by atoms with Crippen LogP contribution in [-0.2, 0) is 4.79 Å². The normalized spacial score (nSPS) is 20.4. The molecule has 1 heterocycles. The van der Waals surface area contributed by atoms with E-state index in [1.165, 1.54) is 4.90 Å². The molecule has 1 fully saturated rings. The van der Waals surface area contributed by atoms with Gasteiger partial charge < -0.3 is 16.0 Å². The fourth-order valence-electron chi connectivity index (χ4n) is 2.58. The molecular weight excluding hydrogens is 335 g/mol. The van der Waals surface area contributed by atoms with E-state index >= 15 is 0 Å². The lowest BCUT2D eigenvalue weighted by molar-refractivity contribution is -0.143. The van der Waals surface area contributed by atoms with Crippen LogP contribution in [0, 0.1) is 0 Å². The second-order valence-corrected chi connectivity index (χ2v) is 6.37. The zero-order valence-electron chi connectivity index (χ0n) is 15.2. The second kappa shape index (κ2) is 10.5. The van der Waals surface area contributed by atoms with Crippen LogP contribution in [0.3, 0.4) is 0 Å². The first-order valence-corrected chi connectivity index (χ1v) is 8.86. The summed E-state index contributed by atoms with van der Waals surface area (Å²) in [4.78, 5) is 17.5. The lowest BCUT2D eigenvalue weighted by Crippen LogP contribution is -2.45. The van der Waals surface area contributed by atoms with Crippen LogP contribution in [0.15, 0.2) is 4.99 Å². The van der Waals surface area contributed by atoms with E-state index in [4.69, 9.17) is 0 Å². The Morgan fingerprint density at radius 2 is 2.08 bits per heavy atom. The SMILES string of the molecule is CCNC(=NCCC(=O)NC(C)CC)NC1CCN(CC(F)(F)F)C1. The molecule has 1 rings (SSSR count). The Bertz CT molecular complexity index is 442. The zero-order chi connectivity index (χ0) is 18.9. The third kappa shape index (κ3) is 9.52. The summed E-state index contributed by atoms with van der Waals surface area (Å²) < 4.78 is 37.3. The number of likely N-dealkylation sites (tertiary alicyclic amines) is 1. The maximum atomic E-state index is 12.4. The molecule has 3 N–H and O–H groups in total. The van der Waals surface area contributed by atoms with E-state index in [0.29, 0.717) is 38.6 Å². The standard InChI is InChI=1S/C16H30F3N5O/c1-4-12(3)22-14(25)6-8-21-15(20-5-2)23-13-7-9-24(10-13)11-16(17,18)19/h12-13H,4-11H2,1-3H3,(H,22,25)(H2,20,21,23). The van der Waals surface area contributed by atoms with Crippen LogP contribution in [0.2, 0.25) is 0 Å². The lowest BCUT2D eigenvalue weighted by atomic mass is 10.2. The van der Waals surface area contributed by atoms with Crippen molar-refractivity contribution in [3.8, 4) is 0 Å². The number of hydrogen-bond acceptors (Lipinski definition) is 3. The highest BCUT2D eigenvalue weighted by molar-refractivity contribution is 5.81. The summed E-state index contributed by atoms with van der Waals surface area (Å²) in [5.74, 6) is 0.490. The smallest absolute Gasteiger partial charge is 0.357 e. The summed E-state index contributed by atoms with van der Waals surface area (Å²) in [6, 6.07) is 0.0648. The van der Waals surface area contributed by atoms with Gasteiger partial charge in [0.05, 0.1) is 13.1 Å². The molecule has 0 aromatic carbocycles. The van der Waals surface area contributed by atoms with Gasteiger partial charge in [-0.05, 0) is 26.7 Å². The van der Waals surface area contributed by atoms with Crippen LogP contribution in [0.5, 0.6) is 0 Å². The summed E-state index contributed by atoms with van der Waals surface area (Å²) in [5, 5.41) is 9.09. The Balaban J connectivity index is 2.42. The molecule has 0 bridgehead atoms. The Morgan fingerprint density at radius 1 is 1.36 bits per heavy atom. The predicted molar refractivity (Wildman–Crippen MR) is 92.5 cm³/mol. The molecule has 1 saturated heterocycles. The number of amides is 1.